The van der Waals surface area contributed by atoms with E-state index in [1.807, 2.05) is 31.4 Å². The summed E-state index contributed by atoms with van der Waals surface area (Å²) in [6.07, 6.45) is 4.28. The van der Waals surface area contributed by atoms with Crippen molar-refractivity contribution in [2.45, 2.75) is 24.9 Å². The number of carbonyl (C=O) groups is 2. The van der Waals surface area contributed by atoms with Gasteiger partial charge in [0, 0.05) is 43.0 Å². The smallest absolute Gasteiger partial charge is 0.247 e. The van der Waals surface area contributed by atoms with Gasteiger partial charge in [-0.15, -0.1) is 0 Å². The molecule has 2 amide bonds. The molecule has 3 heterocycles. The number of nitrogens with zero attached hydrogens (tertiary/aromatic N) is 2. The van der Waals surface area contributed by atoms with Gasteiger partial charge in [0.15, 0.2) is 0 Å². The topological polar surface area (TPSA) is 85.5 Å². The van der Waals surface area contributed by atoms with E-state index >= 15 is 0 Å². The highest BCUT2D eigenvalue weighted by Crippen LogP contribution is 2.35. The van der Waals surface area contributed by atoms with Gasteiger partial charge in [0.1, 0.15) is 6.10 Å². The number of nitrogens with two attached hydrogens (primary N) is 1. The minimum atomic E-state index is -0.569. The van der Waals surface area contributed by atoms with E-state index in [0.29, 0.717) is 13.0 Å². The van der Waals surface area contributed by atoms with Crippen molar-refractivity contribution >= 4 is 17.5 Å². The first kappa shape index (κ1) is 15.8. The standard InChI is InChI=1S/C19H19N3O3/c1-22-16-4-2-11(6-12(16)3-5-17(22)23)13-7-14(9-21-8-13)15-10-25-18(15)19(20)24/h2,4,6-9,15,18H,3,5,10H2,1H3,(H2,20,24). The third-order valence-corrected chi connectivity index (χ3v) is 5.05. The molecule has 4 rings (SSSR count). The average Bonchev–Trinajstić information content (AvgIpc) is 2.57. The number of rotatable bonds is 3. The zero-order chi connectivity index (χ0) is 17.6. The van der Waals surface area contributed by atoms with Gasteiger partial charge in [-0.1, -0.05) is 6.07 Å². The van der Waals surface area contributed by atoms with Crippen LogP contribution in [-0.4, -0.2) is 36.6 Å². The van der Waals surface area contributed by atoms with Gasteiger partial charge < -0.3 is 15.4 Å². The van der Waals surface area contributed by atoms with Crippen molar-refractivity contribution in [2.24, 2.45) is 5.73 Å². The van der Waals surface area contributed by atoms with Crippen LogP contribution in [-0.2, 0) is 20.7 Å². The second-order valence-corrected chi connectivity index (χ2v) is 6.57. The molecule has 2 N–H and O–H groups in total. The van der Waals surface area contributed by atoms with E-state index in [2.05, 4.69) is 11.1 Å². The molecule has 2 aliphatic heterocycles. The third kappa shape index (κ3) is 2.68. The van der Waals surface area contributed by atoms with E-state index in [9.17, 15) is 9.59 Å². The predicted molar refractivity (Wildman–Crippen MR) is 93.1 cm³/mol. The monoisotopic (exact) mass is 337 g/mol. The Morgan fingerprint density at radius 3 is 2.80 bits per heavy atom. The number of aryl methyl sites for hydroxylation is 1. The molecule has 0 radical (unpaired) electrons. The Bertz CT molecular complexity index is 865. The van der Waals surface area contributed by atoms with Crippen molar-refractivity contribution in [2.75, 3.05) is 18.6 Å². The van der Waals surface area contributed by atoms with Crippen LogP contribution in [0.3, 0.4) is 0 Å². The van der Waals surface area contributed by atoms with Crippen molar-refractivity contribution in [3.8, 4) is 11.1 Å². The van der Waals surface area contributed by atoms with E-state index < -0.39 is 12.0 Å². The molecule has 0 spiro atoms. The molecule has 6 heteroatoms. The summed E-state index contributed by atoms with van der Waals surface area (Å²) in [7, 11) is 1.81. The quantitative estimate of drug-likeness (QED) is 0.922. The van der Waals surface area contributed by atoms with E-state index in [1.165, 1.54) is 0 Å². The fourth-order valence-corrected chi connectivity index (χ4v) is 3.49. The fraction of sp³-hybridized carbons (Fsp3) is 0.316. The molecule has 1 aromatic carbocycles. The Morgan fingerprint density at radius 2 is 2.08 bits per heavy atom. The number of ether oxygens (including phenoxy) is 1. The van der Waals surface area contributed by atoms with Crippen molar-refractivity contribution in [3.05, 3.63) is 47.8 Å². The van der Waals surface area contributed by atoms with Crippen molar-refractivity contribution in [1.29, 1.82) is 0 Å². The largest absolute Gasteiger partial charge is 0.367 e. The molecule has 6 nitrogen and oxygen atoms in total. The molecular weight excluding hydrogens is 318 g/mol. The van der Waals surface area contributed by atoms with E-state index in [0.717, 1.165) is 34.4 Å². The molecule has 1 fully saturated rings. The van der Waals surface area contributed by atoms with E-state index in [4.69, 9.17) is 10.5 Å². The summed E-state index contributed by atoms with van der Waals surface area (Å²) in [4.78, 5) is 29.2. The van der Waals surface area contributed by atoms with Crippen LogP contribution in [0, 0.1) is 0 Å². The van der Waals surface area contributed by atoms with Crippen LogP contribution in [0.5, 0.6) is 0 Å². The molecule has 2 aliphatic rings. The van der Waals surface area contributed by atoms with Gasteiger partial charge in [0.25, 0.3) is 0 Å². The summed E-state index contributed by atoms with van der Waals surface area (Å²) < 4.78 is 5.26. The maximum atomic E-state index is 11.8. The van der Waals surface area contributed by atoms with Crippen LogP contribution in [0.25, 0.3) is 11.1 Å². The Hall–Kier alpha value is -2.73. The summed E-state index contributed by atoms with van der Waals surface area (Å²) >= 11 is 0. The van der Waals surface area contributed by atoms with Crippen molar-refractivity contribution in [3.63, 3.8) is 0 Å². The maximum absolute atomic E-state index is 11.8. The number of anilines is 1. The highest BCUT2D eigenvalue weighted by molar-refractivity contribution is 5.96. The predicted octanol–water partition coefficient (Wildman–Crippen LogP) is 1.63. The molecule has 1 saturated heterocycles. The lowest BCUT2D eigenvalue weighted by atomic mass is 9.88. The van der Waals surface area contributed by atoms with Crippen LogP contribution >= 0.6 is 0 Å². The second kappa shape index (κ2) is 5.97. The van der Waals surface area contributed by atoms with Crippen molar-refractivity contribution in [1.82, 2.24) is 4.98 Å². The molecule has 25 heavy (non-hydrogen) atoms. The first-order valence-corrected chi connectivity index (χ1v) is 8.30. The lowest BCUT2D eigenvalue weighted by molar-refractivity contribution is -0.146. The van der Waals surface area contributed by atoms with Crippen molar-refractivity contribution < 1.29 is 14.3 Å². The van der Waals surface area contributed by atoms with Gasteiger partial charge >= 0.3 is 0 Å². The number of hydrogen-bond acceptors (Lipinski definition) is 4. The first-order chi connectivity index (χ1) is 12.0. The number of pyridine rings is 1. The van der Waals surface area contributed by atoms with Gasteiger partial charge in [-0.2, -0.15) is 0 Å². The molecule has 2 unspecified atom stereocenters. The van der Waals surface area contributed by atoms with Gasteiger partial charge in [-0.05, 0) is 41.3 Å². The zero-order valence-corrected chi connectivity index (χ0v) is 13.9. The summed E-state index contributed by atoms with van der Waals surface area (Å²) in [5, 5.41) is 0. The molecule has 2 atom stereocenters. The number of hydrogen-bond donors (Lipinski definition) is 1. The maximum Gasteiger partial charge on any atom is 0.247 e. The van der Waals surface area contributed by atoms with Gasteiger partial charge in [0.05, 0.1) is 6.61 Å². The lowest BCUT2D eigenvalue weighted by Gasteiger charge is -2.34. The molecule has 1 aromatic heterocycles. The molecule has 0 bridgehead atoms. The Kier molecular flexibility index (Phi) is 3.77. The van der Waals surface area contributed by atoms with Gasteiger partial charge in [-0.25, -0.2) is 0 Å². The molecule has 128 valence electrons. The first-order valence-electron chi connectivity index (χ1n) is 8.30. The van der Waals surface area contributed by atoms with Crippen LogP contribution in [0.1, 0.15) is 23.5 Å². The summed E-state index contributed by atoms with van der Waals surface area (Å²) in [5.74, 6) is -0.333. The Balaban J connectivity index is 1.66. The normalized spacial score (nSPS) is 22.3. The lowest BCUT2D eigenvalue weighted by Crippen LogP contribution is -2.47. The molecule has 0 aliphatic carbocycles. The fourth-order valence-electron chi connectivity index (χ4n) is 3.49. The van der Waals surface area contributed by atoms with Gasteiger partial charge in [0.2, 0.25) is 11.8 Å². The van der Waals surface area contributed by atoms with Gasteiger partial charge in [-0.3, -0.25) is 14.6 Å². The number of benzene rings is 1. The van der Waals surface area contributed by atoms with Crippen LogP contribution in [0.4, 0.5) is 5.69 Å². The Labute approximate surface area is 145 Å². The zero-order valence-electron chi connectivity index (χ0n) is 13.9. The highest BCUT2D eigenvalue weighted by Gasteiger charge is 2.38. The highest BCUT2D eigenvalue weighted by atomic mass is 16.5. The number of carbonyl (C=O) groups excluding carboxylic acids is 2. The molecule has 2 aromatic rings. The second-order valence-electron chi connectivity index (χ2n) is 6.57. The Morgan fingerprint density at radius 1 is 1.24 bits per heavy atom. The molecule has 0 saturated carbocycles. The van der Waals surface area contributed by atoms with Crippen LogP contribution < -0.4 is 10.6 Å². The molecular formula is C19H19N3O3. The average molecular weight is 337 g/mol. The summed E-state index contributed by atoms with van der Waals surface area (Å²) in [6, 6.07) is 8.13. The van der Waals surface area contributed by atoms with Crippen LogP contribution in [0.2, 0.25) is 0 Å². The van der Waals surface area contributed by atoms with Crippen LogP contribution in [0.15, 0.2) is 36.7 Å². The number of primary amides is 1. The summed E-state index contributed by atoms with van der Waals surface area (Å²) in [5.41, 5.74) is 10.5. The number of aromatic nitrogens is 1. The minimum Gasteiger partial charge on any atom is -0.367 e. The van der Waals surface area contributed by atoms with E-state index in [1.54, 1.807) is 11.1 Å². The number of amides is 2. The van der Waals surface area contributed by atoms with E-state index in [-0.39, 0.29) is 11.8 Å². The third-order valence-electron chi connectivity index (χ3n) is 5.05. The SMILES string of the molecule is CN1C(=O)CCc2cc(-c3cncc(C4COC4C(N)=O)c3)ccc21. The number of fused-ring (bicyclic) bond motifs is 1. The summed E-state index contributed by atoms with van der Waals surface area (Å²) in [6.45, 7) is 0.482. The minimum absolute atomic E-state index is 0.0358.